The van der Waals surface area contributed by atoms with Gasteiger partial charge in [-0.3, -0.25) is 9.69 Å². The van der Waals surface area contributed by atoms with Gasteiger partial charge in [0.15, 0.2) is 0 Å². The maximum atomic E-state index is 12.1. The highest BCUT2D eigenvalue weighted by Gasteiger charge is 2.33. The minimum atomic E-state index is -4.22. The van der Waals surface area contributed by atoms with Gasteiger partial charge < -0.3 is 9.47 Å². The summed E-state index contributed by atoms with van der Waals surface area (Å²) in [6.45, 7) is -0.419. The number of morpholine rings is 1. The van der Waals surface area contributed by atoms with E-state index in [-0.39, 0.29) is 26.1 Å². The van der Waals surface area contributed by atoms with Crippen LogP contribution in [0.3, 0.4) is 0 Å². The summed E-state index contributed by atoms with van der Waals surface area (Å²) in [7, 11) is 1.23. The maximum Gasteiger partial charge on any atom is 0.401 e. The van der Waals surface area contributed by atoms with Crippen molar-refractivity contribution in [2.75, 3.05) is 33.4 Å². The zero-order valence-corrected chi connectivity index (χ0v) is 8.92. The molecule has 1 aliphatic rings. The first kappa shape index (κ1) is 13.2. The summed E-state index contributed by atoms with van der Waals surface area (Å²) in [6, 6.07) is 0. The van der Waals surface area contributed by atoms with Crippen molar-refractivity contribution >= 4 is 5.97 Å². The van der Waals surface area contributed by atoms with Crippen molar-refractivity contribution < 1.29 is 27.4 Å². The Morgan fingerprint density at radius 3 is 2.81 bits per heavy atom. The van der Waals surface area contributed by atoms with Crippen LogP contribution in [0.4, 0.5) is 13.2 Å². The van der Waals surface area contributed by atoms with E-state index in [0.717, 1.165) is 0 Å². The molecule has 0 saturated carbocycles. The normalized spacial score (nSPS) is 23.1. The van der Waals surface area contributed by atoms with Crippen molar-refractivity contribution in [3.63, 3.8) is 0 Å². The Labute approximate surface area is 91.3 Å². The monoisotopic (exact) mass is 241 g/mol. The van der Waals surface area contributed by atoms with Crippen LogP contribution < -0.4 is 0 Å². The van der Waals surface area contributed by atoms with E-state index < -0.39 is 24.8 Å². The van der Waals surface area contributed by atoms with Crippen molar-refractivity contribution in [2.45, 2.75) is 18.7 Å². The molecule has 0 aliphatic carbocycles. The molecule has 1 fully saturated rings. The Morgan fingerprint density at radius 1 is 1.56 bits per heavy atom. The molecular weight excluding hydrogens is 227 g/mol. The van der Waals surface area contributed by atoms with Gasteiger partial charge in [0.1, 0.15) is 0 Å². The third-order valence-corrected chi connectivity index (χ3v) is 2.25. The van der Waals surface area contributed by atoms with E-state index in [9.17, 15) is 18.0 Å². The lowest BCUT2D eigenvalue weighted by Gasteiger charge is -2.32. The Hall–Kier alpha value is -0.820. The molecule has 1 saturated heterocycles. The van der Waals surface area contributed by atoms with Crippen molar-refractivity contribution in [1.29, 1.82) is 0 Å². The number of hydrogen-bond donors (Lipinski definition) is 0. The van der Waals surface area contributed by atoms with Crippen molar-refractivity contribution in [3.05, 3.63) is 0 Å². The minimum absolute atomic E-state index is 0.00907. The van der Waals surface area contributed by atoms with Crippen LogP contribution in [0.5, 0.6) is 0 Å². The minimum Gasteiger partial charge on any atom is -0.469 e. The van der Waals surface area contributed by atoms with E-state index >= 15 is 0 Å². The van der Waals surface area contributed by atoms with Gasteiger partial charge in [-0.05, 0) is 0 Å². The second-order valence-electron chi connectivity index (χ2n) is 3.62. The number of esters is 1. The summed E-state index contributed by atoms with van der Waals surface area (Å²) in [5, 5.41) is 0. The summed E-state index contributed by atoms with van der Waals surface area (Å²) in [4.78, 5) is 12.2. The first-order chi connectivity index (χ1) is 7.40. The molecule has 0 aromatic carbocycles. The number of methoxy groups -OCH3 is 1. The van der Waals surface area contributed by atoms with E-state index in [2.05, 4.69) is 4.74 Å². The van der Waals surface area contributed by atoms with Gasteiger partial charge >= 0.3 is 12.1 Å². The molecule has 0 N–H and O–H groups in total. The number of alkyl halides is 3. The molecular formula is C9H14F3NO3. The molecule has 0 aromatic rings. The largest absolute Gasteiger partial charge is 0.469 e. The zero-order valence-electron chi connectivity index (χ0n) is 8.92. The molecule has 1 rings (SSSR count). The fraction of sp³-hybridized carbons (Fsp3) is 0.889. The standard InChI is InChI=1S/C9H14F3NO3/c1-15-8(14)4-7-5-13(2-3-16-7)6-9(10,11)12/h7H,2-6H2,1H3. The summed E-state index contributed by atoms with van der Waals surface area (Å²) in [6.07, 6.45) is -4.73. The van der Waals surface area contributed by atoms with Gasteiger partial charge in [0.05, 0.1) is 32.8 Å². The molecule has 94 valence electrons. The number of carbonyl (C=O) groups excluding carboxylic acids is 1. The Morgan fingerprint density at radius 2 is 2.25 bits per heavy atom. The number of halogens is 3. The number of rotatable bonds is 3. The Balaban J connectivity index is 2.38. The van der Waals surface area contributed by atoms with Crippen LogP contribution in [0.2, 0.25) is 0 Å². The fourth-order valence-corrected chi connectivity index (χ4v) is 1.57. The molecule has 7 heteroatoms. The molecule has 0 aromatic heterocycles. The van der Waals surface area contributed by atoms with Gasteiger partial charge in [-0.2, -0.15) is 13.2 Å². The molecule has 0 amide bonds. The first-order valence-corrected chi connectivity index (χ1v) is 4.88. The summed E-state index contributed by atoms with van der Waals surface area (Å²) >= 11 is 0. The van der Waals surface area contributed by atoms with E-state index in [1.54, 1.807) is 0 Å². The maximum absolute atomic E-state index is 12.1. The topological polar surface area (TPSA) is 38.8 Å². The quantitative estimate of drug-likeness (QED) is 0.685. The third-order valence-electron chi connectivity index (χ3n) is 2.25. The second-order valence-corrected chi connectivity index (χ2v) is 3.62. The number of carbonyl (C=O) groups is 1. The fourth-order valence-electron chi connectivity index (χ4n) is 1.57. The van der Waals surface area contributed by atoms with Gasteiger partial charge in [-0.15, -0.1) is 0 Å². The van der Waals surface area contributed by atoms with E-state index in [0.29, 0.717) is 0 Å². The Bertz CT molecular complexity index is 245. The summed E-state index contributed by atoms with van der Waals surface area (Å²) < 4.78 is 46.0. The average Bonchev–Trinajstić information content (AvgIpc) is 2.15. The smallest absolute Gasteiger partial charge is 0.401 e. The zero-order chi connectivity index (χ0) is 12.2. The van der Waals surface area contributed by atoms with Gasteiger partial charge in [-0.1, -0.05) is 0 Å². The molecule has 1 unspecified atom stereocenters. The lowest BCUT2D eigenvalue weighted by atomic mass is 10.2. The highest BCUT2D eigenvalue weighted by atomic mass is 19.4. The van der Waals surface area contributed by atoms with E-state index in [1.165, 1.54) is 12.0 Å². The van der Waals surface area contributed by atoms with Crippen molar-refractivity contribution in [1.82, 2.24) is 4.90 Å². The van der Waals surface area contributed by atoms with Gasteiger partial charge in [0.25, 0.3) is 0 Å². The SMILES string of the molecule is COC(=O)CC1CN(CC(F)(F)F)CCO1. The van der Waals surface area contributed by atoms with E-state index in [1.807, 2.05) is 0 Å². The van der Waals surface area contributed by atoms with Crippen LogP contribution in [0.1, 0.15) is 6.42 Å². The van der Waals surface area contributed by atoms with Crippen molar-refractivity contribution in [2.24, 2.45) is 0 Å². The molecule has 1 atom stereocenters. The number of nitrogens with zero attached hydrogens (tertiary/aromatic N) is 1. The third kappa shape index (κ3) is 4.80. The van der Waals surface area contributed by atoms with Gasteiger partial charge in [-0.25, -0.2) is 0 Å². The predicted molar refractivity (Wildman–Crippen MR) is 48.9 cm³/mol. The molecule has 4 nitrogen and oxygen atoms in total. The first-order valence-electron chi connectivity index (χ1n) is 4.88. The average molecular weight is 241 g/mol. The molecule has 0 radical (unpaired) electrons. The van der Waals surface area contributed by atoms with Crippen molar-refractivity contribution in [3.8, 4) is 0 Å². The molecule has 0 spiro atoms. The van der Waals surface area contributed by atoms with Crippen LogP contribution in [-0.4, -0.2) is 56.5 Å². The summed E-state index contributed by atoms with van der Waals surface area (Å²) in [5.74, 6) is -0.473. The summed E-state index contributed by atoms with van der Waals surface area (Å²) in [5.41, 5.74) is 0. The lowest BCUT2D eigenvalue weighted by molar-refractivity contribution is -0.162. The highest BCUT2D eigenvalue weighted by molar-refractivity contribution is 5.69. The van der Waals surface area contributed by atoms with Gasteiger partial charge in [0, 0.05) is 13.1 Å². The molecule has 1 heterocycles. The highest BCUT2D eigenvalue weighted by Crippen LogP contribution is 2.19. The number of hydrogen-bond acceptors (Lipinski definition) is 4. The Kier molecular flexibility index (Phi) is 4.55. The van der Waals surface area contributed by atoms with Crippen LogP contribution >= 0.6 is 0 Å². The van der Waals surface area contributed by atoms with Crippen LogP contribution in [0.25, 0.3) is 0 Å². The molecule has 1 aliphatic heterocycles. The number of ether oxygens (including phenoxy) is 2. The molecule has 0 bridgehead atoms. The van der Waals surface area contributed by atoms with Gasteiger partial charge in [0.2, 0.25) is 0 Å². The molecule has 16 heavy (non-hydrogen) atoms. The van der Waals surface area contributed by atoms with Crippen LogP contribution in [-0.2, 0) is 14.3 Å². The van der Waals surface area contributed by atoms with Crippen LogP contribution in [0.15, 0.2) is 0 Å². The van der Waals surface area contributed by atoms with E-state index in [4.69, 9.17) is 4.74 Å². The lowest BCUT2D eigenvalue weighted by Crippen LogP contribution is -2.47. The second kappa shape index (κ2) is 5.49. The predicted octanol–water partition coefficient (Wildman–Crippen LogP) is 0.813. The van der Waals surface area contributed by atoms with Crippen LogP contribution in [0, 0.1) is 0 Å².